The second kappa shape index (κ2) is 8.64. The van der Waals surface area contributed by atoms with E-state index in [1.54, 1.807) is 13.0 Å². The van der Waals surface area contributed by atoms with Crippen molar-refractivity contribution in [1.82, 2.24) is 19.9 Å². The summed E-state index contributed by atoms with van der Waals surface area (Å²) in [6.07, 6.45) is 5.40. The molecule has 2 unspecified atom stereocenters. The molecule has 160 valence electrons. The van der Waals surface area contributed by atoms with Crippen LogP contribution in [-0.4, -0.2) is 52.2 Å². The highest BCUT2D eigenvalue weighted by molar-refractivity contribution is 5.96. The number of fused-ring (bicyclic) bond motifs is 1. The SMILES string of the molecule is CCOC(=O)C1(C)CC=C(C(C)NC(=O)c2cc(C(=O)OC)nc3ccnn23)CC1. The van der Waals surface area contributed by atoms with Crippen LogP contribution in [0.2, 0.25) is 0 Å². The molecule has 0 saturated carbocycles. The molecule has 1 aliphatic rings. The minimum atomic E-state index is -0.631. The van der Waals surface area contributed by atoms with Crippen molar-refractivity contribution in [2.75, 3.05) is 13.7 Å². The summed E-state index contributed by atoms with van der Waals surface area (Å²) in [6.45, 7) is 5.95. The van der Waals surface area contributed by atoms with Crippen LogP contribution in [0.25, 0.3) is 5.65 Å². The predicted molar refractivity (Wildman–Crippen MR) is 108 cm³/mol. The zero-order valence-corrected chi connectivity index (χ0v) is 17.6. The van der Waals surface area contributed by atoms with Crippen LogP contribution in [0, 0.1) is 5.41 Å². The van der Waals surface area contributed by atoms with Crippen LogP contribution in [0.4, 0.5) is 0 Å². The lowest BCUT2D eigenvalue weighted by molar-refractivity contribution is -0.154. The monoisotopic (exact) mass is 414 g/mol. The molecule has 1 aliphatic carbocycles. The van der Waals surface area contributed by atoms with Crippen LogP contribution in [0.15, 0.2) is 30.0 Å². The number of ether oxygens (including phenoxy) is 2. The van der Waals surface area contributed by atoms with E-state index < -0.39 is 11.4 Å². The molecule has 2 aromatic heterocycles. The Morgan fingerprint density at radius 3 is 2.77 bits per heavy atom. The fraction of sp³-hybridized carbons (Fsp3) is 0.476. The summed E-state index contributed by atoms with van der Waals surface area (Å²) in [4.78, 5) is 41.2. The molecule has 0 aromatic carbocycles. The summed E-state index contributed by atoms with van der Waals surface area (Å²) in [5, 5.41) is 7.07. The number of nitrogens with zero attached hydrogens (tertiary/aromatic N) is 3. The average molecular weight is 414 g/mol. The van der Waals surface area contributed by atoms with E-state index in [0.717, 1.165) is 5.57 Å². The normalized spacial score (nSPS) is 19.7. The van der Waals surface area contributed by atoms with Gasteiger partial charge in [0.1, 0.15) is 5.69 Å². The second-order valence-electron chi connectivity index (χ2n) is 7.58. The average Bonchev–Trinajstić information content (AvgIpc) is 3.21. The number of amides is 1. The number of hydrogen-bond acceptors (Lipinski definition) is 7. The molecule has 2 atom stereocenters. The summed E-state index contributed by atoms with van der Waals surface area (Å²) in [5.41, 5.74) is 1.10. The number of aromatic nitrogens is 3. The maximum atomic E-state index is 12.9. The fourth-order valence-electron chi connectivity index (χ4n) is 3.51. The third kappa shape index (κ3) is 4.19. The van der Waals surface area contributed by atoms with Crippen molar-refractivity contribution in [1.29, 1.82) is 0 Å². The molecule has 2 heterocycles. The Balaban J connectivity index is 1.77. The van der Waals surface area contributed by atoms with Gasteiger partial charge in [-0.15, -0.1) is 0 Å². The van der Waals surface area contributed by atoms with Crippen molar-refractivity contribution >= 4 is 23.5 Å². The molecule has 0 aliphatic heterocycles. The fourth-order valence-corrected chi connectivity index (χ4v) is 3.51. The highest BCUT2D eigenvalue weighted by atomic mass is 16.5. The first-order valence-electron chi connectivity index (χ1n) is 9.89. The Bertz CT molecular complexity index is 1010. The number of allylic oxidation sites excluding steroid dienone is 1. The van der Waals surface area contributed by atoms with E-state index in [1.165, 1.54) is 23.9 Å². The highest BCUT2D eigenvalue weighted by Gasteiger charge is 2.36. The van der Waals surface area contributed by atoms with Crippen molar-refractivity contribution in [2.24, 2.45) is 5.41 Å². The zero-order valence-electron chi connectivity index (χ0n) is 17.6. The Hall–Kier alpha value is -3.23. The Labute approximate surface area is 174 Å². The maximum Gasteiger partial charge on any atom is 0.356 e. The molecule has 0 spiro atoms. The van der Waals surface area contributed by atoms with E-state index in [-0.39, 0.29) is 29.3 Å². The van der Waals surface area contributed by atoms with E-state index >= 15 is 0 Å². The van der Waals surface area contributed by atoms with Gasteiger partial charge >= 0.3 is 11.9 Å². The third-order valence-electron chi connectivity index (χ3n) is 5.44. The first-order valence-corrected chi connectivity index (χ1v) is 9.89. The number of nitrogens with one attached hydrogen (secondary N) is 1. The molecule has 0 bridgehead atoms. The number of carbonyl (C=O) groups is 3. The van der Waals surface area contributed by atoms with Crippen molar-refractivity contribution in [2.45, 2.75) is 46.1 Å². The van der Waals surface area contributed by atoms with E-state index in [4.69, 9.17) is 9.47 Å². The van der Waals surface area contributed by atoms with Crippen molar-refractivity contribution in [3.63, 3.8) is 0 Å². The molecule has 30 heavy (non-hydrogen) atoms. The summed E-state index contributed by atoms with van der Waals surface area (Å²) in [7, 11) is 1.26. The van der Waals surface area contributed by atoms with Crippen molar-refractivity contribution in [3.05, 3.63) is 41.4 Å². The van der Waals surface area contributed by atoms with Gasteiger partial charge in [-0.25, -0.2) is 14.3 Å². The van der Waals surface area contributed by atoms with Crippen molar-refractivity contribution < 1.29 is 23.9 Å². The molecule has 2 aromatic rings. The zero-order chi connectivity index (χ0) is 21.9. The van der Waals surface area contributed by atoms with E-state index in [9.17, 15) is 14.4 Å². The van der Waals surface area contributed by atoms with Crippen LogP contribution in [0.3, 0.4) is 0 Å². The molecular weight excluding hydrogens is 388 g/mol. The highest BCUT2D eigenvalue weighted by Crippen LogP contribution is 2.37. The molecule has 9 nitrogen and oxygen atoms in total. The van der Waals surface area contributed by atoms with Gasteiger partial charge in [-0.3, -0.25) is 9.59 Å². The molecule has 0 saturated heterocycles. The van der Waals surface area contributed by atoms with Crippen molar-refractivity contribution in [3.8, 4) is 0 Å². The van der Waals surface area contributed by atoms with Crippen LogP contribution in [0.1, 0.15) is 61.0 Å². The van der Waals surface area contributed by atoms with Gasteiger partial charge in [-0.2, -0.15) is 5.10 Å². The van der Waals surface area contributed by atoms with Gasteiger partial charge in [-0.05, 0) is 40.0 Å². The van der Waals surface area contributed by atoms with E-state index in [2.05, 4.69) is 15.4 Å². The lowest BCUT2D eigenvalue weighted by atomic mass is 9.75. The van der Waals surface area contributed by atoms with Crippen LogP contribution in [0.5, 0.6) is 0 Å². The van der Waals surface area contributed by atoms with Gasteiger partial charge in [0.05, 0.1) is 25.3 Å². The van der Waals surface area contributed by atoms with Gasteiger partial charge in [0.2, 0.25) is 0 Å². The lowest BCUT2D eigenvalue weighted by Crippen LogP contribution is -2.38. The Kier molecular flexibility index (Phi) is 6.19. The minimum Gasteiger partial charge on any atom is -0.466 e. The lowest BCUT2D eigenvalue weighted by Gasteiger charge is -2.32. The standard InChI is InChI=1S/C21H26N4O5/c1-5-30-20(28)21(3)9-6-14(7-10-21)13(2)23-18(26)16-12-15(19(27)29-4)24-17-8-11-22-25(16)17/h6,8,11-13H,5,7,9-10H2,1-4H3,(H,23,26). The first kappa shape index (κ1) is 21.5. The quantitative estimate of drug-likeness (QED) is 0.570. The molecular formula is C21H26N4O5. The first-order chi connectivity index (χ1) is 14.3. The molecule has 0 fully saturated rings. The van der Waals surface area contributed by atoms with E-state index in [1.807, 2.05) is 19.9 Å². The Morgan fingerprint density at radius 2 is 2.13 bits per heavy atom. The van der Waals surface area contributed by atoms with Gasteiger partial charge < -0.3 is 14.8 Å². The number of carbonyl (C=O) groups excluding carboxylic acids is 3. The van der Waals surface area contributed by atoms with Gasteiger partial charge in [-0.1, -0.05) is 11.6 Å². The smallest absolute Gasteiger partial charge is 0.356 e. The summed E-state index contributed by atoms with van der Waals surface area (Å²) in [6, 6.07) is 2.72. The van der Waals surface area contributed by atoms with Gasteiger partial charge in [0, 0.05) is 18.2 Å². The van der Waals surface area contributed by atoms with Crippen LogP contribution in [-0.2, 0) is 14.3 Å². The molecule has 1 amide bonds. The van der Waals surface area contributed by atoms with E-state index in [0.29, 0.717) is 31.5 Å². The molecule has 9 heteroatoms. The topological polar surface area (TPSA) is 112 Å². The van der Waals surface area contributed by atoms with Gasteiger partial charge in [0.15, 0.2) is 11.3 Å². The summed E-state index contributed by atoms with van der Waals surface area (Å²) < 4.78 is 11.3. The summed E-state index contributed by atoms with van der Waals surface area (Å²) in [5.74, 6) is -1.21. The number of rotatable bonds is 6. The summed E-state index contributed by atoms with van der Waals surface area (Å²) >= 11 is 0. The number of methoxy groups -OCH3 is 1. The Morgan fingerprint density at radius 1 is 1.37 bits per heavy atom. The number of hydrogen-bond donors (Lipinski definition) is 1. The minimum absolute atomic E-state index is 0.0328. The largest absolute Gasteiger partial charge is 0.466 e. The predicted octanol–water partition coefficient (Wildman–Crippen LogP) is 2.31. The van der Waals surface area contributed by atoms with Gasteiger partial charge in [0.25, 0.3) is 5.91 Å². The molecule has 0 radical (unpaired) electrons. The molecule has 3 rings (SSSR count). The second-order valence-corrected chi connectivity index (χ2v) is 7.58. The van der Waals surface area contributed by atoms with Crippen LogP contribution < -0.4 is 5.32 Å². The maximum absolute atomic E-state index is 12.9. The molecule has 1 N–H and O–H groups in total. The third-order valence-corrected chi connectivity index (χ3v) is 5.44. The number of esters is 2. The van der Waals surface area contributed by atoms with Crippen LogP contribution >= 0.6 is 0 Å².